The second kappa shape index (κ2) is 7.89. The summed E-state index contributed by atoms with van der Waals surface area (Å²) in [6.45, 7) is 0.200. The van der Waals surface area contributed by atoms with Crippen molar-refractivity contribution < 1.29 is 28.2 Å². The maximum Gasteiger partial charge on any atom is 0.312 e. The highest BCUT2D eigenvalue weighted by atomic mass is 19.1. The summed E-state index contributed by atoms with van der Waals surface area (Å²) in [5.74, 6) is -1.86. The van der Waals surface area contributed by atoms with Gasteiger partial charge in [-0.3, -0.25) is 14.4 Å². The lowest BCUT2D eigenvalue weighted by Gasteiger charge is -2.30. The number of halogens is 1. The number of ether oxygens (including phenoxy) is 2. The van der Waals surface area contributed by atoms with Crippen molar-refractivity contribution in [3.05, 3.63) is 112 Å². The molecule has 2 aliphatic rings. The molecule has 0 N–H and O–H groups in total. The van der Waals surface area contributed by atoms with E-state index in [4.69, 9.17) is 9.47 Å². The molecule has 3 aromatic carbocycles. The molecule has 5 nitrogen and oxygen atoms in total. The number of ketones is 2. The first kappa shape index (κ1) is 19.9. The molecular weight excluding hydrogens is 411 g/mol. The molecule has 0 saturated heterocycles. The molecule has 1 heterocycles. The third kappa shape index (κ3) is 3.50. The zero-order valence-electron chi connectivity index (χ0n) is 16.8. The number of hydrogen-bond donors (Lipinski definition) is 0. The summed E-state index contributed by atoms with van der Waals surface area (Å²) < 4.78 is 24.2. The number of carbonyl (C=O) groups is 3. The van der Waals surface area contributed by atoms with Crippen LogP contribution in [0.15, 0.2) is 84.1 Å². The Morgan fingerprint density at radius 1 is 0.875 bits per heavy atom. The summed E-state index contributed by atoms with van der Waals surface area (Å²) in [7, 11) is 0. The van der Waals surface area contributed by atoms with Gasteiger partial charge >= 0.3 is 5.97 Å². The first-order valence-electron chi connectivity index (χ1n) is 10.1. The molecule has 0 aromatic heterocycles. The van der Waals surface area contributed by atoms with Gasteiger partial charge in [-0.25, -0.2) is 4.39 Å². The van der Waals surface area contributed by atoms with Crippen LogP contribution in [-0.4, -0.2) is 17.5 Å². The quantitative estimate of drug-likeness (QED) is 0.560. The Morgan fingerprint density at radius 2 is 1.59 bits per heavy atom. The lowest BCUT2D eigenvalue weighted by atomic mass is 9.77. The molecule has 32 heavy (non-hydrogen) atoms. The zero-order chi connectivity index (χ0) is 22.2. The topological polar surface area (TPSA) is 69.7 Å². The van der Waals surface area contributed by atoms with Gasteiger partial charge in [0.1, 0.15) is 18.2 Å². The van der Waals surface area contributed by atoms with E-state index in [1.807, 2.05) is 0 Å². The van der Waals surface area contributed by atoms with Crippen LogP contribution in [0.3, 0.4) is 0 Å². The first-order chi connectivity index (χ1) is 15.5. The van der Waals surface area contributed by atoms with Gasteiger partial charge in [0, 0.05) is 17.0 Å². The fraction of sp³-hybridized carbons (Fsp3) is 0.115. The molecule has 0 unspecified atom stereocenters. The number of Topliss-reactive ketones (excluding diaryl/α,β-unsaturated/α-hetero) is 2. The number of allylic oxidation sites excluding steroid dienone is 2. The maximum absolute atomic E-state index is 13.3. The molecule has 1 aliphatic carbocycles. The third-order valence-corrected chi connectivity index (χ3v) is 5.62. The van der Waals surface area contributed by atoms with Crippen LogP contribution in [-0.2, 0) is 16.1 Å². The van der Waals surface area contributed by atoms with Gasteiger partial charge in [-0.15, -0.1) is 0 Å². The van der Waals surface area contributed by atoms with E-state index in [2.05, 4.69) is 0 Å². The van der Waals surface area contributed by atoms with Crippen molar-refractivity contribution in [3.8, 4) is 5.75 Å². The number of benzene rings is 3. The molecule has 3 aromatic rings. The summed E-state index contributed by atoms with van der Waals surface area (Å²) in [6.07, 6.45) is -0.0382. The predicted molar refractivity (Wildman–Crippen MR) is 113 cm³/mol. The molecule has 0 fully saturated rings. The van der Waals surface area contributed by atoms with Crippen LogP contribution in [0.4, 0.5) is 4.39 Å². The molecule has 0 spiro atoms. The molecule has 0 saturated carbocycles. The van der Waals surface area contributed by atoms with Crippen LogP contribution in [0.2, 0.25) is 0 Å². The predicted octanol–water partition coefficient (Wildman–Crippen LogP) is 4.77. The summed E-state index contributed by atoms with van der Waals surface area (Å²) in [6, 6.07) is 19.6. The Hall–Kier alpha value is -4.06. The number of carbonyl (C=O) groups excluding carboxylic acids is 3. The van der Waals surface area contributed by atoms with Crippen LogP contribution >= 0.6 is 0 Å². The average Bonchev–Trinajstić information content (AvgIpc) is 2.81. The minimum atomic E-state index is -0.590. The fourth-order valence-electron chi connectivity index (χ4n) is 4.09. The van der Waals surface area contributed by atoms with Crippen molar-refractivity contribution >= 4 is 17.5 Å². The van der Waals surface area contributed by atoms with Crippen LogP contribution in [0.25, 0.3) is 0 Å². The number of hydrogen-bond acceptors (Lipinski definition) is 5. The molecule has 1 aliphatic heterocycles. The lowest BCUT2D eigenvalue weighted by molar-refractivity contribution is -0.140. The maximum atomic E-state index is 13.3. The zero-order valence-corrected chi connectivity index (χ0v) is 16.8. The van der Waals surface area contributed by atoms with Crippen molar-refractivity contribution in [3.63, 3.8) is 0 Å². The Kier molecular flexibility index (Phi) is 4.90. The highest BCUT2D eigenvalue weighted by Gasteiger charge is 2.42. The first-order valence-corrected chi connectivity index (χ1v) is 10.1. The van der Waals surface area contributed by atoms with E-state index < -0.39 is 17.7 Å². The third-order valence-electron chi connectivity index (χ3n) is 5.62. The van der Waals surface area contributed by atoms with Gasteiger partial charge < -0.3 is 9.47 Å². The molecular formula is C26H17FO5. The Labute approximate surface area is 183 Å². The van der Waals surface area contributed by atoms with Crippen LogP contribution in [0, 0.1) is 5.82 Å². The molecule has 0 bridgehead atoms. The van der Waals surface area contributed by atoms with Crippen molar-refractivity contribution in [2.24, 2.45) is 0 Å². The highest BCUT2D eigenvalue weighted by molar-refractivity contribution is 6.27. The summed E-state index contributed by atoms with van der Waals surface area (Å²) in [5, 5.41) is 0. The van der Waals surface area contributed by atoms with E-state index in [0.29, 0.717) is 22.4 Å². The van der Waals surface area contributed by atoms with E-state index in [-0.39, 0.29) is 41.5 Å². The Morgan fingerprint density at radius 3 is 2.31 bits per heavy atom. The van der Waals surface area contributed by atoms with E-state index in [1.165, 1.54) is 12.1 Å². The second-order valence-corrected chi connectivity index (χ2v) is 7.67. The van der Waals surface area contributed by atoms with Crippen LogP contribution in [0.1, 0.15) is 44.2 Å². The van der Waals surface area contributed by atoms with Gasteiger partial charge in [0.25, 0.3) is 0 Å². The Bertz CT molecular complexity index is 1290. The molecule has 0 amide bonds. The summed E-state index contributed by atoms with van der Waals surface area (Å²) in [5.41, 5.74) is 2.17. The summed E-state index contributed by atoms with van der Waals surface area (Å²) in [4.78, 5) is 38.3. The number of rotatable bonds is 4. The van der Waals surface area contributed by atoms with Gasteiger partial charge in [0.15, 0.2) is 11.5 Å². The van der Waals surface area contributed by atoms with E-state index in [9.17, 15) is 18.8 Å². The average molecular weight is 428 g/mol. The smallest absolute Gasteiger partial charge is 0.312 e. The molecule has 158 valence electrons. The largest absolute Gasteiger partial charge is 0.489 e. The van der Waals surface area contributed by atoms with E-state index >= 15 is 0 Å². The van der Waals surface area contributed by atoms with Gasteiger partial charge in [0.2, 0.25) is 5.78 Å². The van der Waals surface area contributed by atoms with Crippen LogP contribution in [0.5, 0.6) is 5.75 Å². The van der Waals surface area contributed by atoms with Crippen LogP contribution < -0.4 is 4.74 Å². The van der Waals surface area contributed by atoms with E-state index in [1.54, 1.807) is 60.7 Å². The van der Waals surface area contributed by atoms with E-state index in [0.717, 1.165) is 0 Å². The normalized spacial score (nSPS) is 17.5. The second-order valence-electron chi connectivity index (χ2n) is 7.67. The molecule has 5 rings (SSSR count). The van der Waals surface area contributed by atoms with Crippen molar-refractivity contribution in [2.75, 3.05) is 0 Å². The van der Waals surface area contributed by atoms with Crippen molar-refractivity contribution in [1.29, 1.82) is 0 Å². The van der Waals surface area contributed by atoms with Crippen molar-refractivity contribution in [1.82, 2.24) is 0 Å². The SMILES string of the molecule is O=C1C[C@H](c2ccc(OCc3cccc(F)c3)cc2)C2=C(O1)C(=O)c1ccccc1C2=O. The minimum Gasteiger partial charge on any atom is -0.489 e. The standard InChI is InChI=1S/C26H17FO5/c27-17-5-3-4-15(12-17)14-31-18-10-8-16(9-11-18)21-13-22(28)32-26-23(21)24(29)19-6-1-2-7-20(19)25(26)30/h1-12,21H,13-14H2/t21-/m1/s1. The van der Waals surface area contributed by atoms with Crippen molar-refractivity contribution in [2.45, 2.75) is 18.9 Å². The molecule has 1 atom stereocenters. The van der Waals surface area contributed by atoms with Gasteiger partial charge in [-0.1, -0.05) is 48.5 Å². The Balaban J connectivity index is 1.43. The number of esters is 1. The van der Waals surface area contributed by atoms with Gasteiger partial charge in [0.05, 0.1) is 12.0 Å². The fourth-order valence-corrected chi connectivity index (χ4v) is 4.09. The minimum absolute atomic E-state index is 0.0382. The number of fused-ring (bicyclic) bond motifs is 1. The van der Waals surface area contributed by atoms with Gasteiger partial charge in [-0.2, -0.15) is 0 Å². The monoisotopic (exact) mass is 428 g/mol. The lowest BCUT2D eigenvalue weighted by Crippen LogP contribution is -2.32. The van der Waals surface area contributed by atoms with Gasteiger partial charge in [-0.05, 0) is 35.4 Å². The molecule has 6 heteroatoms. The summed E-state index contributed by atoms with van der Waals surface area (Å²) >= 11 is 0. The highest BCUT2D eigenvalue weighted by Crippen LogP contribution is 2.41. The molecule has 0 radical (unpaired) electrons.